The number of nitrogens with zero attached hydrogens (tertiary/aromatic N) is 1. The van der Waals surface area contributed by atoms with Gasteiger partial charge in [0.05, 0.1) is 6.26 Å². The maximum atomic E-state index is 6.01. The molecule has 1 unspecified atom stereocenters. The molecule has 3 heteroatoms. The Morgan fingerprint density at radius 1 is 1.28 bits per heavy atom. The van der Waals surface area contributed by atoms with E-state index in [2.05, 4.69) is 24.1 Å². The van der Waals surface area contributed by atoms with Crippen molar-refractivity contribution in [3.05, 3.63) is 53.5 Å². The van der Waals surface area contributed by atoms with Crippen LogP contribution in [0, 0.1) is 6.92 Å². The lowest BCUT2D eigenvalue weighted by Crippen LogP contribution is -2.20. The van der Waals surface area contributed by atoms with E-state index in [1.165, 1.54) is 16.8 Å². The highest BCUT2D eigenvalue weighted by Crippen LogP contribution is 2.25. The van der Waals surface area contributed by atoms with Gasteiger partial charge in [-0.05, 0) is 31.5 Å². The predicted octanol–water partition coefficient (Wildman–Crippen LogP) is 3.24. The van der Waals surface area contributed by atoms with Crippen LogP contribution in [0.3, 0.4) is 0 Å². The summed E-state index contributed by atoms with van der Waals surface area (Å²) in [4.78, 5) is 2.20. The molecule has 0 fully saturated rings. The van der Waals surface area contributed by atoms with Gasteiger partial charge in [0.25, 0.3) is 0 Å². The molecule has 1 aromatic heterocycles. The normalized spacial score (nSPS) is 12.4. The fraction of sp³-hybridized carbons (Fsp3) is 0.333. The first-order chi connectivity index (χ1) is 8.59. The number of aryl methyl sites for hydroxylation is 1. The number of hydrogen-bond donors (Lipinski definition) is 1. The third kappa shape index (κ3) is 2.57. The summed E-state index contributed by atoms with van der Waals surface area (Å²) in [5.41, 5.74) is 9.56. The van der Waals surface area contributed by atoms with Gasteiger partial charge >= 0.3 is 0 Å². The van der Waals surface area contributed by atoms with Gasteiger partial charge in [0.15, 0.2) is 0 Å². The second-order valence-electron chi connectivity index (χ2n) is 4.71. The Labute approximate surface area is 108 Å². The van der Waals surface area contributed by atoms with Gasteiger partial charge in [0, 0.05) is 30.9 Å². The van der Waals surface area contributed by atoms with Crippen LogP contribution in [0.2, 0.25) is 0 Å². The van der Waals surface area contributed by atoms with Crippen molar-refractivity contribution in [3.63, 3.8) is 0 Å². The molecule has 0 saturated heterocycles. The van der Waals surface area contributed by atoms with E-state index < -0.39 is 0 Å². The average molecular weight is 244 g/mol. The second-order valence-corrected chi connectivity index (χ2v) is 4.71. The van der Waals surface area contributed by atoms with E-state index in [0.29, 0.717) is 0 Å². The first-order valence-electron chi connectivity index (χ1n) is 6.18. The summed E-state index contributed by atoms with van der Waals surface area (Å²) < 4.78 is 5.33. The standard InChI is InChI=1S/C15H20N2O/c1-11(16)14-6-4-5-7-15(14)17(3)10-13-8-9-18-12(13)2/h4-9,11H,10,16H2,1-3H3. The molecule has 1 aromatic carbocycles. The Balaban J connectivity index is 2.24. The average Bonchev–Trinajstić information content (AvgIpc) is 2.75. The minimum Gasteiger partial charge on any atom is -0.469 e. The number of nitrogens with two attached hydrogens (primary N) is 1. The van der Waals surface area contributed by atoms with Crippen LogP contribution in [0.5, 0.6) is 0 Å². The van der Waals surface area contributed by atoms with E-state index in [1.54, 1.807) is 6.26 Å². The first-order valence-corrected chi connectivity index (χ1v) is 6.18. The summed E-state index contributed by atoms with van der Waals surface area (Å²) in [7, 11) is 2.08. The molecule has 0 aliphatic heterocycles. The summed E-state index contributed by atoms with van der Waals surface area (Å²) in [6.07, 6.45) is 1.73. The number of benzene rings is 1. The van der Waals surface area contributed by atoms with Crippen LogP contribution >= 0.6 is 0 Å². The number of hydrogen-bond acceptors (Lipinski definition) is 3. The van der Waals surface area contributed by atoms with Gasteiger partial charge in [-0.1, -0.05) is 18.2 Å². The molecule has 0 spiro atoms. The van der Waals surface area contributed by atoms with Crippen molar-refractivity contribution in [2.24, 2.45) is 5.73 Å². The molecule has 1 heterocycles. The van der Waals surface area contributed by atoms with Gasteiger partial charge in [-0.3, -0.25) is 0 Å². The zero-order chi connectivity index (χ0) is 13.1. The maximum Gasteiger partial charge on any atom is 0.105 e. The van der Waals surface area contributed by atoms with Crippen LogP contribution in [-0.2, 0) is 6.54 Å². The summed E-state index contributed by atoms with van der Waals surface area (Å²) in [6.45, 7) is 4.82. The Bertz CT molecular complexity index is 517. The van der Waals surface area contributed by atoms with Gasteiger partial charge in [-0.2, -0.15) is 0 Å². The molecule has 3 nitrogen and oxygen atoms in total. The Morgan fingerprint density at radius 2 is 2.00 bits per heavy atom. The van der Waals surface area contributed by atoms with Gasteiger partial charge in [0.1, 0.15) is 5.76 Å². The molecule has 0 aliphatic rings. The second kappa shape index (κ2) is 5.27. The zero-order valence-electron chi connectivity index (χ0n) is 11.2. The molecule has 2 rings (SSSR count). The van der Waals surface area contributed by atoms with Crippen molar-refractivity contribution in [2.75, 3.05) is 11.9 Å². The largest absolute Gasteiger partial charge is 0.469 e. The Kier molecular flexibility index (Phi) is 3.72. The van der Waals surface area contributed by atoms with E-state index in [9.17, 15) is 0 Å². The first kappa shape index (κ1) is 12.7. The van der Waals surface area contributed by atoms with Crippen LogP contribution in [-0.4, -0.2) is 7.05 Å². The quantitative estimate of drug-likeness (QED) is 0.897. The van der Waals surface area contributed by atoms with Crippen molar-refractivity contribution in [2.45, 2.75) is 26.4 Å². The van der Waals surface area contributed by atoms with Crippen LogP contribution in [0.25, 0.3) is 0 Å². The smallest absolute Gasteiger partial charge is 0.105 e. The van der Waals surface area contributed by atoms with Crippen molar-refractivity contribution in [1.29, 1.82) is 0 Å². The van der Waals surface area contributed by atoms with Gasteiger partial charge in [0.2, 0.25) is 0 Å². The van der Waals surface area contributed by atoms with Crippen molar-refractivity contribution in [1.82, 2.24) is 0 Å². The summed E-state index contributed by atoms with van der Waals surface area (Å²) >= 11 is 0. The maximum absolute atomic E-state index is 6.01. The molecule has 0 radical (unpaired) electrons. The fourth-order valence-corrected chi connectivity index (χ4v) is 2.14. The number of rotatable bonds is 4. The number of furan rings is 1. The molecule has 1 atom stereocenters. The third-order valence-corrected chi connectivity index (χ3v) is 3.21. The minimum absolute atomic E-state index is 0.0362. The number of anilines is 1. The van der Waals surface area contributed by atoms with E-state index in [4.69, 9.17) is 10.2 Å². The minimum atomic E-state index is 0.0362. The molecule has 2 N–H and O–H groups in total. The third-order valence-electron chi connectivity index (χ3n) is 3.21. The van der Waals surface area contributed by atoms with Crippen molar-refractivity contribution < 1.29 is 4.42 Å². The topological polar surface area (TPSA) is 42.4 Å². The van der Waals surface area contributed by atoms with Crippen molar-refractivity contribution in [3.8, 4) is 0 Å². The Morgan fingerprint density at radius 3 is 2.61 bits per heavy atom. The van der Waals surface area contributed by atoms with Crippen LogP contribution in [0.1, 0.15) is 29.9 Å². The monoisotopic (exact) mass is 244 g/mol. The van der Waals surface area contributed by atoms with Gasteiger partial charge < -0.3 is 15.1 Å². The number of para-hydroxylation sites is 1. The molecule has 96 valence electrons. The van der Waals surface area contributed by atoms with Gasteiger partial charge in [-0.15, -0.1) is 0 Å². The van der Waals surface area contributed by atoms with Crippen LogP contribution in [0.15, 0.2) is 41.0 Å². The molecule has 0 bridgehead atoms. The van der Waals surface area contributed by atoms with Crippen LogP contribution < -0.4 is 10.6 Å². The summed E-state index contributed by atoms with van der Waals surface area (Å²) in [5.74, 6) is 0.972. The molecule has 0 aliphatic carbocycles. The van der Waals surface area contributed by atoms with Crippen LogP contribution in [0.4, 0.5) is 5.69 Å². The molecule has 18 heavy (non-hydrogen) atoms. The lowest BCUT2D eigenvalue weighted by atomic mass is 10.1. The molecular weight excluding hydrogens is 224 g/mol. The van der Waals surface area contributed by atoms with Crippen molar-refractivity contribution >= 4 is 5.69 Å². The van der Waals surface area contributed by atoms with E-state index >= 15 is 0 Å². The van der Waals surface area contributed by atoms with E-state index in [0.717, 1.165) is 12.3 Å². The van der Waals surface area contributed by atoms with E-state index in [-0.39, 0.29) is 6.04 Å². The fourth-order valence-electron chi connectivity index (χ4n) is 2.14. The summed E-state index contributed by atoms with van der Waals surface area (Å²) in [5, 5.41) is 0. The highest BCUT2D eigenvalue weighted by Gasteiger charge is 2.11. The van der Waals surface area contributed by atoms with E-state index in [1.807, 2.05) is 32.0 Å². The molecular formula is C15H20N2O. The molecule has 2 aromatic rings. The highest BCUT2D eigenvalue weighted by molar-refractivity contribution is 5.54. The SMILES string of the molecule is Cc1occc1CN(C)c1ccccc1C(C)N. The molecule has 0 saturated carbocycles. The van der Waals surface area contributed by atoms with Gasteiger partial charge in [-0.25, -0.2) is 0 Å². The highest BCUT2D eigenvalue weighted by atomic mass is 16.3. The molecule has 0 amide bonds. The Hall–Kier alpha value is -1.74. The predicted molar refractivity (Wildman–Crippen MR) is 74.6 cm³/mol. The lowest BCUT2D eigenvalue weighted by molar-refractivity contribution is 0.529. The lowest BCUT2D eigenvalue weighted by Gasteiger charge is -2.23. The summed E-state index contributed by atoms with van der Waals surface area (Å²) in [6, 6.07) is 10.3. The zero-order valence-corrected chi connectivity index (χ0v) is 11.2.